The van der Waals surface area contributed by atoms with Gasteiger partial charge in [-0.15, -0.1) is 0 Å². The third-order valence-electron chi connectivity index (χ3n) is 5.18. The molecule has 0 aromatic heterocycles. The van der Waals surface area contributed by atoms with Gasteiger partial charge < -0.3 is 10.2 Å². The van der Waals surface area contributed by atoms with E-state index in [0.29, 0.717) is 44.8 Å². The number of nitrogens with zero attached hydrogens (tertiary/aromatic N) is 2. The summed E-state index contributed by atoms with van der Waals surface area (Å²) >= 11 is 18.2. The van der Waals surface area contributed by atoms with E-state index in [0.717, 1.165) is 10.6 Å². The van der Waals surface area contributed by atoms with Crippen molar-refractivity contribution in [1.29, 1.82) is 0 Å². The second-order valence-corrected chi connectivity index (χ2v) is 10.9. The van der Waals surface area contributed by atoms with Crippen LogP contribution in [-0.4, -0.2) is 50.5 Å². The van der Waals surface area contributed by atoms with Crippen LogP contribution in [0.15, 0.2) is 36.4 Å². The van der Waals surface area contributed by atoms with Crippen LogP contribution in [0.1, 0.15) is 31.4 Å². The molecule has 0 bridgehead atoms. The van der Waals surface area contributed by atoms with Gasteiger partial charge in [0.05, 0.1) is 22.0 Å². The van der Waals surface area contributed by atoms with Crippen LogP contribution in [0.25, 0.3) is 0 Å². The Morgan fingerprint density at radius 1 is 1.03 bits per heavy atom. The van der Waals surface area contributed by atoms with Crippen molar-refractivity contribution in [2.24, 2.45) is 0 Å². The van der Waals surface area contributed by atoms with E-state index in [9.17, 15) is 18.0 Å². The Balaban J connectivity index is 2.48. The summed E-state index contributed by atoms with van der Waals surface area (Å²) in [4.78, 5) is 27.7. The number of nitrogens with one attached hydrogen (secondary N) is 1. The number of amides is 2. The van der Waals surface area contributed by atoms with Gasteiger partial charge in [0.2, 0.25) is 21.8 Å². The molecule has 7 nitrogen and oxygen atoms in total. The quantitative estimate of drug-likeness (QED) is 0.468. The van der Waals surface area contributed by atoms with E-state index in [4.69, 9.17) is 34.8 Å². The van der Waals surface area contributed by atoms with Crippen LogP contribution in [0.2, 0.25) is 15.1 Å². The maximum atomic E-state index is 13.6. The molecule has 1 N–H and O–H groups in total. The average Bonchev–Trinajstić information content (AvgIpc) is 2.74. The Morgan fingerprint density at radius 3 is 2.24 bits per heavy atom. The van der Waals surface area contributed by atoms with Crippen molar-refractivity contribution in [2.75, 3.05) is 23.7 Å². The highest BCUT2D eigenvalue weighted by Gasteiger charge is 2.32. The molecule has 186 valence electrons. The average molecular weight is 549 g/mol. The predicted molar refractivity (Wildman–Crippen MR) is 138 cm³/mol. The van der Waals surface area contributed by atoms with E-state index in [-0.39, 0.29) is 12.5 Å². The lowest BCUT2D eigenvalue weighted by Crippen LogP contribution is -2.52. The molecular weight excluding hydrogens is 521 g/mol. The summed E-state index contributed by atoms with van der Waals surface area (Å²) in [5.41, 5.74) is 1.58. The van der Waals surface area contributed by atoms with Crippen LogP contribution in [-0.2, 0) is 26.2 Å². The van der Waals surface area contributed by atoms with E-state index in [1.807, 2.05) is 0 Å². The number of hydrogen-bond donors (Lipinski definition) is 1. The monoisotopic (exact) mass is 547 g/mol. The number of aryl methyl sites for hydroxylation is 1. The number of anilines is 1. The van der Waals surface area contributed by atoms with Gasteiger partial charge in [-0.3, -0.25) is 13.9 Å². The molecule has 34 heavy (non-hydrogen) atoms. The van der Waals surface area contributed by atoms with Crippen molar-refractivity contribution < 1.29 is 18.0 Å². The molecular formula is C23H28Cl3N3O4S. The second kappa shape index (κ2) is 12.1. The van der Waals surface area contributed by atoms with E-state index < -0.39 is 28.5 Å². The van der Waals surface area contributed by atoms with Gasteiger partial charge in [-0.1, -0.05) is 47.8 Å². The molecule has 0 unspecified atom stereocenters. The van der Waals surface area contributed by atoms with Crippen molar-refractivity contribution in [1.82, 2.24) is 10.2 Å². The highest BCUT2D eigenvalue weighted by molar-refractivity contribution is 7.92. The van der Waals surface area contributed by atoms with Gasteiger partial charge in [0.25, 0.3) is 0 Å². The van der Waals surface area contributed by atoms with Crippen molar-refractivity contribution in [3.8, 4) is 0 Å². The van der Waals surface area contributed by atoms with E-state index in [1.165, 1.54) is 4.90 Å². The lowest BCUT2D eigenvalue weighted by Gasteiger charge is -2.33. The molecule has 0 fully saturated rings. The molecule has 2 rings (SSSR count). The zero-order chi connectivity index (χ0) is 25.6. The molecule has 2 aromatic rings. The van der Waals surface area contributed by atoms with Crippen LogP contribution < -0.4 is 9.62 Å². The Morgan fingerprint density at radius 2 is 1.71 bits per heavy atom. The number of likely N-dealkylation sites (N-methyl/N-ethyl adjacent to an activating group) is 1. The third kappa shape index (κ3) is 7.25. The van der Waals surface area contributed by atoms with Gasteiger partial charge in [-0.25, -0.2) is 8.42 Å². The minimum Gasteiger partial charge on any atom is -0.355 e. The van der Waals surface area contributed by atoms with Gasteiger partial charge in [-0.05, 0) is 61.7 Å². The largest absolute Gasteiger partial charge is 0.355 e. The third-order valence-corrected chi connectivity index (χ3v) is 7.28. The fraction of sp³-hybridized carbons (Fsp3) is 0.391. The first kappa shape index (κ1) is 28.2. The van der Waals surface area contributed by atoms with Crippen LogP contribution in [0.4, 0.5) is 5.69 Å². The molecule has 2 aromatic carbocycles. The molecule has 0 radical (unpaired) electrons. The van der Waals surface area contributed by atoms with Gasteiger partial charge in [0.15, 0.2) is 0 Å². The first-order chi connectivity index (χ1) is 15.9. The maximum Gasteiger partial charge on any atom is 0.244 e. The molecule has 0 saturated carbocycles. The highest BCUT2D eigenvalue weighted by Crippen LogP contribution is 2.27. The molecule has 2 amide bonds. The van der Waals surface area contributed by atoms with Crippen molar-refractivity contribution in [3.63, 3.8) is 0 Å². The van der Waals surface area contributed by atoms with Crippen molar-refractivity contribution in [3.05, 3.63) is 62.6 Å². The van der Waals surface area contributed by atoms with E-state index >= 15 is 0 Å². The predicted octanol–water partition coefficient (Wildman–Crippen LogP) is 4.66. The SMILES string of the molecule is CCNC(=O)[C@@H](CC)N(Cc1ccc(Cl)c(Cl)c1)C(=O)CN(c1ccc(Cl)cc1C)S(C)(=O)=O. The molecule has 0 aliphatic heterocycles. The number of sulfonamides is 1. The maximum absolute atomic E-state index is 13.6. The van der Waals surface area contributed by atoms with Crippen molar-refractivity contribution >= 4 is 62.3 Å². The topological polar surface area (TPSA) is 86.8 Å². The van der Waals surface area contributed by atoms with Crippen LogP contribution in [0, 0.1) is 6.92 Å². The Hall–Kier alpha value is -2.00. The zero-order valence-electron chi connectivity index (χ0n) is 19.4. The Labute approximate surface area is 216 Å². The van der Waals surface area contributed by atoms with Gasteiger partial charge in [0.1, 0.15) is 12.6 Å². The Kier molecular flexibility index (Phi) is 10.1. The summed E-state index contributed by atoms with van der Waals surface area (Å²) in [6.45, 7) is 5.22. The summed E-state index contributed by atoms with van der Waals surface area (Å²) in [5.74, 6) is -0.865. The first-order valence-corrected chi connectivity index (χ1v) is 13.6. The minimum absolute atomic E-state index is 0.0442. The number of halogens is 3. The highest BCUT2D eigenvalue weighted by atomic mass is 35.5. The summed E-state index contributed by atoms with van der Waals surface area (Å²) < 4.78 is 26.3. The molecule has 0 spiro atoms. The van der Waals surface area contributed by atoms with E-state index in [1.54, 1.807) is 57.2 Å². The molecule has 0 aliphatic carbocycles. The summed E-state index contributed by atoms with van der Waals surface area (Å²) in [6.07, 6.45) is 1.36. The summed E-state index contributed by atoms with van der Waals surface area (Å²) in [5, 5.41) is 3.86. The fourth-order valence-corrected chi connectivity index (χ4v) is 4.99. The fourth-order valence-electron chi connectivity index (χ4n) is 3.54. The lowest BCUT2D eigenvalue weighted by molar-refractivity contribution is -0.140. The van der Waals surface area contributed by atoms with Crippen LogP contribution in [0.3, 0.4) is 0 Å². The van der Waals surface area contributed by atoms with Gasteiger partial charge in [-0.2, -0.15) is 0 Å². The standard InChI is InChI=1S/C23H28Cl3N3O4S/c1-5-20(23(31)27-6-2)28(13-16-7-9-18(25)19(26)12-16)22(30)14-29(34(4,32)33)21-10-8-17(24)11-15(21)3/h7-12,20H,5-6,13-14H2,1-4H3,(H,27,31)/t20-/m1/s1. The van der Waals surface area contributed by atoms with Crippen molar-refractivity contribution in [2.45, 2.75) is 39.8 Å². The van der Waals surface area contributed by atoms with Crippen LogP contribution in [0.5, 0.6) is 0 Å². The number of hydrogen-bond acceptors (Lipinski definition) is 4. The first-order valence-electron chi connectivity index (χ1n) is 10.6. The molecule has 0 aliphatic rings. The lowest BCUT2D eigenvalue weighted by atomic mass is 10.1. The molecule has 11 heteroatoms. The molecule has 1 atom stereocenters. The van der Waals surface area contributed by atoms with Crippen LogP contribution >= 0.6 is 34.8 Å². The zero-order valence-corrected chi connectivity index (χ0v) is 22.5. The normalized spacial score (nSPS) is 12.2. The second-order valence-electron chi connectivity index (χ2n) is 7.79. The Bertz CT molecular complexity index is 1160. The number of carbonyl (C=O) groups excluding carboxylic acids is 2. The summed E-state index contributed by atoms with van der Waals surface area (Å²) in [6, 6.07) is 8.85. The minimum atomic E-state index is -3.83. The number of carbonyl (C=O) groups is 2. The molecule has 0 heterocycles. The van der Waals surface area contributed by atoms with Gasteiger partial charge in [0, 0.05) is 18.1 Å². The smallest absolute Gasteiger partial charge is 0.244 e. The van der Waals surface area contributed by atoms with Gasteiger partial charge >= 0.3 is 0 Å². The summed E-state index contributed by atoms with van der Waals surface area (Å²) in [7, 11) is -3.83. The molecule has 0 saturated heterocycles. The number of benzene rings is 2. The number of rotatable bonds is 10. The van der Waals surface area contributed by atoms with E-state index in [2.05, 4.69) is 5.32 Å².